The van der Waals surface area contributed by atoms with E-state index in [1.165, 1.54) is 12.1 Å². The number of fused-ring (bicyclic) bond motifs is 3. The molecule has 0 saturated heterocycles. The van der Waals surface area contributed by atoms with Gasteiger partial charge in [0.1, 0.15) is 11.4 Å². The third-order valence-corrected chi connectivity index (χ3v) is 10.5. The highest BCUT2D eigenvalue weighted by molar-refractivity contribution is 6.00. The molecule has 1 heterocycles. The quantitative estimate of drug-likeness (QED) is 0.257. The van der Waals surface area contributed by atoms with Gasteiger partial charge in [-0.1, -0.05) is 43.3 Å². The lowest BCUT2D eigenvalue weighted by atomic mass is 9.41. The Morgan fingerprint density at radius 2 is 1.64 bits per heavy atom. The maximum Gasteiger partial charge on any atom is 0.387 e. The Bertz CT molecular complexity index is 1460. The Balaban J connectivity index is 1.15. The lowest BCUT2D eigenvalue weighted by molar-refractivity contribution is -0.211. The maximum atomic E-state index is 14.6. The number of rotatable bonds is 9. The van der Waals surface area contributed by atoms with Gasteiger partial charge in [0.2, 0.25) is 11.8 Å². The van der Waals surface area contributed by atoms with Crippen LogP contribution in [0.25, 0.3) is 11.1 Å². The van der Waals surface area contributed by atoms with Crippen LogP contribution in [0.2, 0.25) is 0 Å². The standard InChI is InChI=1S/C33H36F3N3O3/c1-21(2)26-37-27(42-38-26)31-13-10-30(11-14-31,12-15-31)20-39(28(40)32-17-33(36,18-32)19-32)24-5-3-4-23(16-24)22-6-8-25(9-7-22)41-29(34)35/h3-9,16,21,29H,10-15,17-20H2,1-2H3. The number of anilines is 1. The van der Waals surface area contributed by atoms with Crippen LogP contribution in [0, 0.1) is 10.8 Å². The Kier molecular flexibility index (Phi) is 6.26. The van der Waals surface area contributed by atoms with Gasteiger partial charge >= 0.3 is 6.61 Å². The van der Waals surface area contributed by atoms with Gasteiger partial charge in [-0.25, -0.2) is 4.39 Å². The number of halogens is 3. The molecule has 0 atom stereocenters. The largest absolute Gasteiger partial charge is 0.435 e. The Hall–Kier alpha value is -3.36. The summed E-state index contributed by atoms with van der Waals surface area (Å²) in [6.45, 7) is 1.84. The molecule has 9 rings (SSSR count). The highest BCUT2D eigenvalue weighted by atomic mass is 19.3. The van der Waals surface area contributed by atoms with Crippen molar-refractivity contribution in [2.45, 2.75) is 95.2 Å². The average Bonchev–Trinajstić information content (AvgIpc) is 3.47. The van der Waals surface area contributed by atoms with Crippen LogP contribution in [0.3, 0.4) is 0 Å². The summed E-state index contributed by atoms with van der Waals surface area (Å²) in [4.78, 5) is 20.8. The van der Waals surface area contributed by atoms with Gasteiger partial charge in [-0.2, -0.15) is 13.8 Å². The van der Waals surface area contributed by atoms with Crippen LogP contribution in [-0.2, 0) is 10.2 Å². The molecule has 6 aliphatic carbocycles. The number of amides is 1. The molecule has 4 bridgehead atoms. The summed E-state index contributed by atoms with van der Waals surface area (Å²) in [5.74, 6) is 1.84. The fourth-order valence-corrected chi connectivity index (χ4v) is 7.98. The van der Waals surface area contributed by atoms with Crippen molar-refractivity contribution in [3.05, 3.63) is 60.2 Å². The Morgan fingerprint density at radius 3 is 2.21 bits per heavy atom. The van der Waals surface area contributed by atoms with Crippen molar-refractivity contribution < 1.29 is 27.2 Å². The zero-order valence-corrected chi connectivity index (χ0v) is 24.0. The van der Waals surface area contributed by atoms with Crippen LogP contribution >= 0.6 is 0 Å². The summed E-state index contributed by atoms with van der Waals surface area (Å²) in [6.07, 6.45) is 6.65. The number of hydrogen-bond acceptors (Lipinski definition) is 5. The van der Waals surface area contributed by atoms with E-state index in [0.717, 1.165) is 67.1 Å². The van der Waals surface area contributed by atoms with E-state index < -0.39 is 17.7 Å². The number of aromatic nitrogens is 2. The number of hydrogen-bond donors (Lipinski definition) is 0. The first-order valence-corrected chi connectivity index (χ1v) is 15.0. The molecule has 0 N–H and O–H groups in total. The zero-order chi connectivity index (χ0) is 29.3. The summed E-state index contributed by atoms with van der Waals surface area (Å²) in [5.41, 5.74) is 0.605. The molecule has 3 aromatic rings. The molecule has 1 amide bonds. The number of benzene rings is 2. The molecule has 9 heteroatoms. The molecular formula is C33H36F3N3O3. The lowest BCUT2D eigenvalue weighted by Gasteiger charge is -2.65. The van der Waals surface area contributed by atoms with Crippen molar-refractivity contribution >= 4 is 11.6 Å². The molecule has 2 aromatic carbocycles. The molecule has 6 nitrogen and oxygen atoms in total. The topological polar surface area (TPSA) is 68.5 Å². The fraction of sp³-hybridized carbons (Fsp3) is 0.545. The average molecular weight is 580 g/mol. The van der Waals surface area contributed by atoms with Gasteiger partial charge in [0.25, 0.3) is 0 Å². The Labute approximate surface area is 243 Å². The van der Waals surface area contributed by atoms with Crippen LogP contribution in [-0.4, -0.2) is 34.9 Å². The third-order valence-electron chi connectivity index (χ3n) is 10.5. The van der Waals surface area contributed by atoms with E-state index in [2.05, 4.69) is 23.7 Å². The molecule has 42 heavy (non-hydrogen) atoms. The van der Waals surface area contributed by atoms with E-state index in [0.29, 0.717) is 25.8 Å². The van der Waals surface area contributed by atoms with E-state index >= 15 is 0 Å². The van der Waals surface area contributed by atoms with E-state index in [1.54, 1.807) is 12.1 Å². The minimum absolute atomic E-state index is 0.0233. The van der Waals surface area contributed by atoms with Crippen molar-refractivity contribution in [2.75, 3.05) is 11.4 Å². The number of carbonyl (C=O) groups excluding carboxylic acids is 1. The number of alkyl halides is 3. The third kappa shape index (κ3) is 4.51. The fourth-order valence-electron chi connectivity index (χ4n) is 7.98. The van der Waals surface area contributed by atoms with Crippen molar-refractivity contribution in [3.8, 4) is 16.9 Å². The van der Waals surface area contributed by atoms with Gasteiger partial charge in [-0.05, 0) is 98.6 Å². The highest BCUT2D eigenvalue weighted by Crippen LogP contribution is 2.70. The van der Waals surface area contributed by atoms with Gasteiger partial charge in [0.05, 0.1) is 5.41 Å². The van der Waals surface area contributed by atoms with Gasteiger partial charge < -0.3 is 14.2 Å². The van der Waals surface area contributed by atoms with Crippen LogP contribution < -0.4 is 9.64 Å². The first-order chi connectivity index (χ1) is 20.0. The van der Waals surface area contributed by atoms with Crippen molar-refractivity contribution in [1.29, 1.82) is 0 Å². The van der Waals surface area contributed by atoms with Gasteiger partial charge in [-0.15, -0.1) is 0 Å². The molecule has 6 aliphatic rings. The van der Waals surface area contributed by atoms with Crippen LogP contribution in [0.1, 0.15) is 89.3 Å². The summed E-state index contributed by atoms with van der Waals surface area (Å²) in [6, 6.07) is 14.3. The first-order valence-electron chi connectivity index (χ1n) is 15.0. The van der Waals surface area contributed by atoms with E-state index in [9.17, 15) is 18.0 Å². The van der Waals surface area contributed by atoms with Gasteiger partial charge in [0, 0.05) is 23.6 Å². The zero-order valence-electron chi connectivity index (χ0n) is 24.0. The summed E-state index contributed by atoms with van der Waals surface area (Å²) < 4.78 is 50.0. The minimum Gasteiger partial charge on any atom is -0.435 e. The number of ether oxygens (including phenoxy) is 1. The van der Waals surface area contributed by atoms with E-state index in [4.69, 9.17) is 9.51 Å². The number of carbonyl (C=O) groups is 1. The molecule has 0 radical (unpaired) electrons. The summed E-state index contributed by atoms with van der Waals surface area (Å²) in [5, 5.41) is 4.22. The SMILES string of the molecule is CC(C)c1noc(C23CCC(CN(C(=O)C45CC(F)(C4)C5)c4cccc(-c5ccc(OC(F)F)cc5)c4)(CC2)CC3)n1. The number of nitrogens with zero attached hydrogens (tertiary/aromatic N) is 3. The highest BCUT2D eigenvalue weighted by Gasteiger charge is 2.73. The molecule has 0 unspecified atom stereocenters. The molecule has 1 aromatic heterocycles. The van der Waals surface area contributed by atoms with Crippen molar-refractivity contribution in [1.82, 2.24) is 10.1 Å². The second kappa shape index (κ2) is 9.58. The predicted octanol–water partition coefficient (Wildman–Crippen LogP) is 7.98. The molecular weight excluding hydrogens is 543 g/mol. The van der Waals surface area contributed by atoms with E-state index in [1.807, 2.05) is 29.2 Å². The van der Waals surface area contributed by atoms with Crippen LogP contribution in [0.5, 0.6) is 5.75 Å². The van der Waals surface area contributed by atoms with Gasteiger partial charge in [0.15, 0.2) is 5.82 Å². The Morgan fingerprint density at radius 1 is 0.976 bits per heavy atom. The molecule has 0 aliphatic heterocycles. The monoisotopic (exact) mass is 579 g/mol. The van der Waals surface area contributed by atoms with Crippen molar-refractivity contribution in [3.63, 3.8) is 0 Å². The predicted molar refractivity (Wildman–Crippen MR) is 151 cm³/mol. The van der Waals surface area contributed by atoms with E-state index in [-0.39, 0.29) is 28.4 Å². The second-order valence-corrected chi connectivity index (χ2v) is 13.7. The molecule has 0 spiro atoms. The first kappa shape index (κ1) is 27.5. The summed E-state index contributed by atoms with van der Waals surface area (Å²) >= 11 is 0. The molecule has 6 fully saturated rings. The maximum absolute atomic E-state index is 14.6. The van der Waals surface area contributed by atoms with Crippen molar-refractivity contribution in [2.24, 2.45) is 10.8 Å². The van der Waals surface area contributed by atoms with Gasteiger partial charge in [-0.3, -0.25) is 4.79 Å². The lowest BCUT2D eigenvalue weighted by Crippen LogP contribution is -2.71. The molecule has 6 saturated carbocycles. The van der Waals surface area contributed by atoms with Crippen LogP contribution in [0.4, 0.5) is 18.9 Å². The normalized spacial score (nSPS) is 31.1. The second-order valence-electron chi connectivity index (χ2n) is 13.7. The minimum atomic E-state index is -2.88. The van der Waals surface area contributed by atoms with Crippen LogP contribution in [0.15, 0.2) is 53.1 Å². The smallest absolute Gasteiger partial charge is 0.387 e. The summed E-state index contributed by atoms with van der Waals surface area (Å²) in [7, 11) is 0. The molecule has 222 valence electrons.